The number of carbonyl (C=O) groups excluding carboxylic acids is 1. The van der Waals surface area contributed by atoms with Crippen LogP contribution in [0.4, 0.5) is 5.69 Å². The van der Waals surface area contributed by atoms with Gasteiger partial charge in [0.1, 0.15) is 0 Å². The number of nitrogens with one attached hydrogen (secondary N) is 2. The van der Waals surface area contributed by atoms with Gasteiger partial charge in [-0.15, -0.1) is 0 Å². The first-order chi connectivity index (χ1) is 10.1. The summed E-state index contributed by atoms with van der Waals surface area (Å²) in [6.45, 7) is 6.99. The predicted molar refractivity (Wildman–Crippen MR) is 82.3 cm³/mol. The van der Waals surface area contributed by atoms with Crippen LogP contribution in [0.1, 0.15) is 48.1 Å². The molecule has 0 saturated carbocycles. The standard InChI is InChI=1S/C16H21N3O2/c1-4-8-17-12(3)13-6-5-7-14(10-13)18-16(20)15-9-11(2)19-21-15/h5-7,9-10,12,17H,4,8H2,1-3H3,(H,18,20). The third-order valence-corrected chi connectivity index (χ3v) is 3.20. The molecule has 0 spiro atoms. The van der Waals surface area contributed by atoms with Crippen LogP contribution < -0.4 is 10.6 Å². The van der Waals surface area contributed by atoms with Crippen LogP contribution in [-0.4, -0.2) is 17.6 Å². The molecule has 1 aromatic heterocycles. The first kappa shape index (κ1) is 15.3. The Hall–Kier alpha value is -2.14. The third-order valence-electron chi connectivity index (χ3n) is 3.20. The zero-order chi connectivity index (χ0) is 15.2. The molecule has 1 atom stereocenters. The normalized spacial score (nSPS) is 12.1. The number of anilines is 1. The lowest BCUT2D eigenvalue weighted by atomic mass is 10.1. The average Bonchev–Trinajstić information content (AvgIpc) is 2.91. The first-order valence-electron chi connectivity index (χ1n) is 7.18. The van der Waals surface area contributed by atoms with Crippen molar-refractivity contribution in [3.8, 4) is 0 Å². The maximum absolute atomic E-state index is 12.0. The maximum atomic E-state index is 12.0. The number of benzene rings is 1. The van der Waals surface area contributed by atoms with Crippen molar-refractivity contribution in [2.75, 3.05) is 11.9 Å². The van der Waals surface area contributed by atoms with Crippen LogP contribution in [0.2, 0.25) is 0 Å². The number of aromatic nitrogens is 1. The second-order valence-electron chi connectivity index (χ2n) is 5.09. The fraction of sp³-hybridized carbons (Fsp3) is 0.375. The lowest BCUT2D eigenvalue weighted by Crippen LogP contribution is -2.19. The second-order valence-corrected chi connectivity index (χ2v) is 5.09. The van der Waals surface area contributed by atoms with Gasteiger partial charge in [0.15, 0.2) is 0 Å². The Morgan fingerprint density at radius 1 is 1.38 bits per heavy atom. The van der Waals surface area contributed by atoms with Crippen molar-refractivity contribution >= 4 is 11.6 Å². The van der Waals surface area contributed by atoms with Gasteiger partial charge in [0, 0.05) is 17.8 Å². The van der Waals surface area contributed by atoms with Crippen LogP contribution in [0.3, 0.4) is 0 Å². The van der Waals surface area contributed by atoms with Crippen LogP contribution in [0, 0.1) is 6.92 Å². The van der Waals surface area contributed by atoms with E-state index in [1.54, 1.807) is 13.0 Å². The molecule has 0 saturated heterocycles. The topological polar surface area (TPSA) is 67.2 Å². The minimum Gasteiger partial charge on any atom is -0.351 e. The molecule has 0 bridgehead atoms. The minimum atomic E-state index is -0.290. The van der Waals surface area contributed by atoms with Crippen molar-refractivity contribution < 1.29 is 9.32 Å². The Morgan fingerprint density at radius 2 is 2.19 bits per heavy atom. The molecule has 0 aliphatic carbocycles. The molecule has 1 aromatic carbocycles. The van der Waals surface area contributed by atoms with E-state index in [2.05, 4.69) is 29.6 Å². The van der Waals surface area contributed by atoms with Gasteiger partial charge in [-0.1, -0.05) is 24.2 Å². The molecule has 0 aliphatic rings. The smallest absolute Gasteiger partial charge is 0.294 e. The average molecular weight is 287 g/mol. The van der Waals surface area contributed by atoms with E-state index >= 15 is 0 Å². The molecule has 5 heteroatoms. The maximum Gasteiger partial charge on any atom is 0.294 e. The summed E-state index contributed by atoms with van der Waals surface area (Å²) in [5.41, 5.74) is 2.57. The highest BCUT2D eigenvalue weighted by Gasteiger charge is 2.12. The van der Waals surface area contributed by atoms with E-state index in [1.807, 2.05) is 24.3 Å². The molecule has 1 heterocycles. The highest BCUT2D eigenvalue weighted by molar-refractivity contribution is 6.02. The van der Waals surface area contributed by atoms with E-state index in [1.165, 1.54) is 0 Å². The fourth-order valence-electron chi connectivity index (χ4n) is 2.03. The number of rotatable bonds is 6. The van der Waals surface area contributed by atoms with Gasteiger partial charge in [0.25, 0.3) is 5.91 Å². The van der Waals surface area contributed by atoms with Crippen molar-refractivity contribution in [3.63, 3.8) is 0 Å². The Morgan fingerprint density at radius 3 is 2.86 bits per heavy atom. The van der Waals surface area contributed by atoms with Crippen molar-refractivity contribution in [2.24, 2.45) is 0 Å². The zero-order valence-electron chi connectivity index (χ0n) is 12.6. The van der Waals surface area contributed by atoms with E-state index in [0.717, 1.165) is 24.2 Å². The molecular weight excluding hydrogens is 266 g/mol. The van der Waals surface area contributed by atoms with Crippen LogP contribution in [0.5, 0.6) is 0 Å². The van der Waals surface area contributed by atoms with Crippen molar-refractivity contribution in [2.45, 2.75) is 33.2 Å². The molecule has 0 aliphatic heterocycles. The summed E-state index contributed by atoms with van der Waals surface area (Å²) >= 11 is 0. The van der Waals surface area contributed by atoms with E-state index < -0.39 is 0 Å². The molecule has 112 valence electrons. The highest BCUT2D eigenvalue weighted by Crippen LogP contribution is 2.18. The van der Waals surface area contributed by atoms with Gasteiger partial charge in [0.05, 0.1) is 5.69 Å². The quantitative estimate of drug-likeness (QED) is 0.855. The summed E-state index contributed by atoms with van der Waals surface area (Å²) in [6, 6.07) is 9.66. The van der Waals surface area contributed by atoms with Crippen molar-refractivity contribution in [1.29, 1.82) is 0 Å². The fourth-order valence-corrected chi connectivity index (χ4v) is 2.03. The van der Waals surface area contributed by atoms with E-state index in [-0.39, 0.29) is 17.7 Å². The number of carbonyl (C=O) groups is 1. The van der Waals surface area contributed by atoms with Gasteiger partial charge in [-0.3, -0.25) is 4.79 Å². The molecule has 5 nitrogen and oxygen atoms in total. The third kappa shape index (κ3) is 4.16. The number of amides is 1. The van der Waals surface area contributed by atoms with Crippen molar-refractivity contribution in [3.05, 3.63) is 47.3 Å². The lowest BCUT2D eigenvalue weighted by Gasteiger charge is -2.14. The van der Waals surface area contributed by atoms with Gasteiger partial charge in [-0.25, -0.2) is 0 Å². The van der Waals surface area contributed by atoms with Crippen LogP contribution in [0.25, 0.3) is 0 Å². The Labute approximate surface area is 124 Å². The van der Waals surface area contributed by atoms with Crippen molar-refractivity contribution in [1.82, 2.24) is 10.5 Å². The highest BCUT2D eigenvalue weighted by atomic mass is 16.5. The van der Waals surface area contributed by atoms with Crippen LogP contribution in [0.15, 0.2) is 34.9 Å². The monoisotopic (exact) mass is 287 g/mol. The number of aryl methyl sites for hydroxylation is 1. The summed E-state index contributed by atoms with van der Waals surface area (Å²) in [5, 5.41) is 9.96. The van der Waals surface area contributed by atoms with Gasteiger partial charge < -0.3 is 15.2 Å². The molecular formula is C16H21N3O2. The van der Waals surface area contributed by atoms with Crippen LogP contribution >= 0.6 is 0 Å². The summed E-state index contributed by atoms with van der Waals surface area (Å²) < 4.78 is 4.95. The second kappa shape index (κ2) is 7.04. The largest absolute Gasteiger partial charge is 0.351 e. The Balaban J connectivity index is 2.05. The molecule has 2 N–H and O–H groups in total. The molecule has 21 heavy (non-hydrogen) atoms. The van der Waals surface area contributed by atoms with Gasteiger partial charge in [0.2, 0.25) is 5.76 Å². The van der Waals surface area contributed by atoms with E-state index in [4.69, 9.17) is 4.52 Å². The van der Waals surface area contributed by atoms with E-state index in [0.29, 0.717) is 5.69 Å². The molecule has 1 unspecified atom stereocenters. The Kier molecular flexibility index (Phi) is 5.11. The van der Waals surface area contributed by atoms with Gasteiger partial charge in [-0.2, -0.15) is 0 Å². The molecule has 0 fully saturated rings. The van der Waals surface area contributed by atoms with Gasteiger partial charge in [-0.05, 0) is 44.5 Å². The molecule has 2 aromatic rings. The van der Waals surface area contributed by atoms with E-state index in [9.17, 15) is 4.79 Å². The molecule has 0 radical (unpaired) electrons. The summed E-state index contributed by atoms with van der Waals surface area (Å²) in [4.78, 5) is 12.0. The van der Waals surface area contributed by atoms with Crippen LogP contribution in [-0.2, 0) is 0 Å². The van der Waals surface area contributed by atoms with Gasteiger partial charge >= 0.3 is 0 Å². The summed E-state index contributed by atoms with van der Waals surface area (Å²) in [5.74, 6) is -0.0722. The molecule has 2 rings (SSSR count). The number of hydrogen-bond acceptors (Lipinski definition) is 4. The Bertz CT molecular complexity index is 607. The SMILES string of the molecule is CCCNC(C)c1cccc(NC(=O)c2cc(C)no2)c1. The number of nitrogens with zero attached hydrogens (tertiary/aromatic N) is 1. The predicted octanol–water partition coefficient (Wildman–Crippen LogP) is 3.30. The summed E-state index contributed by atoms with van der Waals surface area (Å²) in [6.07, 6.45) is 1.09. The molecule has 1 amide bonds. The summed E-state index contributed by atoms with van der Waals surface area (Å²) in [7, 11) is 0. The first-order valence-corrected chi connectivity index (χ1v) is 7.18. The zero-order valence-corrected chi connectivity index (χ0v) is 12.6. The number of hydrogen-bond donors (Lipinski definition) is 2. The minimum absolute atomic E-state index is 0.218. The lowest BCUT2D eigenvalue weighted by molar-refractivity contribution is 0.0988.